The van der Waals surface area contributed by atoms with Crippen LogP contribution < -0.4 is 5.32 Å². The molecule has 1 N–H and O–H groups in total. The lowest BCUT2D eigenvalue weighted by atomic mass is 9.88. The Morgan fingerprint density at radius 2 is 2.00 bits per heavy atom. The zero-order valence-electron chi connectivity index (χ0n) is 13.1. The van der Waals surface area contributed by atoms with Crippen molar-refractivity contribution >= 4 is 5.97 Å². The lowest BCUT2D eigenvalue weighted by Crippen LogP contribution is -2.51. The van der Waals surface area contributed by atoms with E-state index in [9.17, 15) is 4.79 Å². The highest BCUT2D eigenvalue weighted by Gasteiger charge is 2.31. The Bertz CT molecular complexity index is 303. The number of carbonyl (C=O) groups is 1. The van der Waals surface area contributed by atoms with Crippen LogP contribution in [0.25, 0.3) is 0 Å². The van der Waals surface area contributed by atoms with Crippen molar-refractivity contribution < 1.29 is 9.53 Å². The molecule has 0 bridgehead atoms. The number of rotatable bonds is 5. The summed E-state index contributed by atoms with van der Waals surface area (Å²) in [6.07, 6.45) is 7.87. The van der Waals surface area contributed by atoms with E-state index in [0.717, 1.165) is 38.5 Å². The van der Waals surface area contributed by atoms with Crippen LogP contribution in [0.15, 0.2) is 0 Å². The van der Waals surface area contributed by atoms with Gasteiger partial charge in [-0.25, -0.2) is 0 Å². The summed E-state index contributed by atoms with van der Waals surface area (Å²) < 4.78 is 4.93. The smallest absolute Gasteiger partial charge is 0.310 e. The van der Waals surface area contributed by atoms with Crippen LogP contribution in [-0.4, -0.2) is 50.2 Å². The minimum Gasteiger partial charge on any atom is -0.469 e. The molecule has 4 nitrogen and oxygen atoms in total. The second-order valence-electron chi connectivity index (χ2n) is 6.42. The number of hydrogen-bond acceptors (Lipinski definition) is 4. The van der Waals surface area contributed by atoms with Gasteiger partial charge in [-0.05, 0) is 38.3 Å². The quantitative estimate of drug-likeness (QED) is 0.784. The van der Waals surface area contributed by atoms with Crippen molar-refractivity contribution in [1.29, 1.82) is 0 Å². The van der Waals surface area contributed by atoms with Gasteiger partial charge in [0.15, 0.2) is 0 Å². The highest BCUT2D eigenvalue weighted by atomic mass is 16.5. The van der Waals surface area contributed by atoms with Crippen molar-refractivity contribution in [2.75, 3.05) is 33.3 Å². The normalized spacial score (nSPS) is 29.3. The first-order valence-electron chi connectivity index (χ1n) is 8.26. The third-order valence-corrected chi connectivity index (χ3v) is 4.93. The molecule has 116 valence electrons. The molecule has 2 unspecified atom stereocenters. The van der Waals surface area contributed by atoms with Gasteiger partial charge in [0.2, 0.25) is 0 Å². The van der Waals surface area contributed by atoms with Crippen molar-refractivity contribution in [3.63, 3.8) is 0 Å². The summed E-state index contributed by atoms with van der Waals surface area (Å²) in [7, 11) is 1.50. The summed E-state index contributed by atoms with van der Waals surface area (Å²) in [5, 5.41) is 3.72. The van der Waals surface area contributed by atoms with Crippen molar-refractivity contribution in [2.24, 2.45) is 11.8 Å². The average Bonchev–Trinajstić information content (AvgIpc) is 2.52. The zero-order valence-corrected chi connectivity index (χ0v) is 13.1. The van der Waals surface area contributed by atoms with Gasteiger partial charge in [-0.1, -0.05) is 26.2 Å². The Morgan fingerprint density at radius 1 is 1.25 bits per heavy atom. The lowest BCUT2D eigenvalue weighted by Gasteiger charge is -2.37. The Morgan fingerprint density at radius 3 is 2.65 bits per heavy atom. The van der Waals surface area contributed by atoms with Crippen LogP contribution in [0.4, 0.5) is 0 Å². The van der Waals surface area contributed by atoms with Crippen LogP contribution in [0, 0.1) is 11.8 Å². The van der Waals surface area contributed by atoms with Crippen LogP contribution >= 0.6 is 0 Å². The minimum absolute atomic E-state index is 0.0394. The first-order chi connectivity index (χ1) is 9.72. The van der Waals surface area contributed by atoms with Gasteiger partial charge in [0.05, 0.1) is 13.0 Å². The molecule has 1 aliphatic carbocycles. The molecule has 0 amide bonds. The number of carbonyl (C=O) groups excluding carboxylic acids is 1. The summed E-state index contributed by atoms with van der Waals surface area (Å²) in [5.74, 6) is 0.836. The van der Waals surface area contributed by atoms with Gasteiger partial charge in [-0.2, -0.15) is 0 Å². The topological polar surface area (TPSA) is 41.6 Å². The first-order valence-corrected chi connectivity index (χ1v) is 8.26. The minimum atomic E-state index is -0.0485. The highest BCUT2D eigenvalue weighted by Crippen LogP contribution is 2.24. The van der Waals surface area contributed by atoms with Gasteiger partial charge in [0.1, 0.15) is 0 Å². The van der Waals surface area contributed by atoms with Crippen molar-refractivity contribution in [3.05, 3.63) is 0 Å². The number of likely N-dealkylation sites (N-methyl/N-ethyl adjacent to an activating group) is 1. The third-order valence-electron chi connectivity index (χ3n) is 4.93. The molecule has 0 spiro atoms. The fourth-order valence-electron chi connectivity index (χ4n) is 3.66. The summed E-state index contributed by atoms with van der Waals surface area (Å²) in [4.78, 5) is 14.2. The van der Waals surface area contributed by atoms with E-state index in [1.165, 1.54) is 39.2 Å². The summed E-state index contributed by atoms with van der Waals surface area (Å²) in [6, 6.07) is 0.440. The Balaban J connectivity index is 1.81. The molecule has 0 radical (unpaired) electrons. The number of likely N-dealkylation sites (tertiary alicyclic amines) is 1. The molecule has 1 heterocycles. The van der Waals surface area contributed by atoms with Crippen molar-refractivity contribution in [3.8, 4) is 0 Å². The zero-order chi connectivity index (χ0) is 14.4. The maximum absolute atomic E-state index is 11.8. The molecule has 2 aliphatic rings. The molecule has 4 heteroatoms. The molecular weight excluding hydrogens is 252 g/mol. The molecule has 2 rings (SSSR count). The molecule has 0 aromatic carbocycles. The molecule has 1 saturated carbocycles. The number of esters is 1. The van der Waals surface area contributed by atoms with E-state index in [1.54, 1.807) is 0 Å². The van der Waals surface area contributed by atoms with E-state index in [0.29, 0.717) is 6.04 Å². The Labute approximate surface area is 123 Å². The summed E-state index contributed by atoms with van der Waals surface area (Å²) in [6.45, 7) is 6.21. The molecule has 0 aromatic rings. The largest absolute Gasteiger partial charge is 0.469 e. The second-order valence-corrected chi connectivity index (χ2v) is 6.42. The van der Waals surface area contributed by atoms with Gasteiger partial charge in [-0.15, -0.1) is 0 Å². The van der Waals surface area contributed by atoms with E-state index in [2.05, 4.69) is 17.1 Å². The van der Waals surface area contributed by atoms with Gasteiger partial charge in [-0.3, -0.25) is 4.79 Å². The van der Waals surface area contributed by atoms with Crippen LogP contribution in [0.1, 0.15) is 45.4 Å². The van der Waals surface area contributed by atoms with Crippen LogP contribution in [-0.2, 0) is 9.53 Å². The predicted octanol–water partition coefficient (Wildman–Crippen LogP) is 2.04. The number of ether oxygens (including phenoxy) is 1. The number of nitrogens with zero attached hydrogens (tertiary/aromatic N) is 1. The van der Waals surface area contributed by atoms with Crippen molar-refractivity contribution in [2.45, 2.75) is 51.5 Å². The van der Waals surface area contributed by atoms with E-state index in [-0.39, 0.29) is 11.9 Å². The summed E-state index contributed by atoms with van der Waals surface area (Å²) in [5.41, 5.74) is 0. The highest BCUT2D eigenvalue weighted by molar-refractivity contribution is 5.72. The summed E-state index contributed by atoms with van der Waals surface area (Å²) >= 11 is 0. The molecule has 0 aromatic heterocycles. The maximum Gasteiger partial charge on any atom is 0.310 e. The van der Waals surface area contributed by atoms with Gasteiger partial charge >= 0.3 is 5.97 Å². The Hall–Kier alpha value is -0.610. The van der Waals surface area contributed by atoms with Gasteiger partial charge < -0.3 is 15.0 Å². The van der Waals surface area contributed by atoms with Crippen molar-refractivity contribution in [1.82, 2.24) is 10.2 Å². The van der Waals surface area contributed by atoms with Gasteiger partial charge in [0.25, 0.3) is 0 Å². The first kappa shape index (κ1) is 15.8. The SMILES string of the molecule is CCN1CC(NCC2CCCCC2)CC(C(=O)OC)C1. The lowest BCUT2D eigenvalue weighted by molar-refractivity contribution is -0.147. The molecular formula is C16H30N2O2. The molecule has 1 aliphatic heterocycles. The van der Waals surface area contributed by atoms with Gasteiger partial charge in [0, 0.05) is 19.1 Å². The molecule has 20 heavy (non-hydrogen) atoms. The molecule has 1 saturated heterocycles. The molecule has 2 fully saturated rings. The van der Waals surface area contributed by atoms with E-state index < -0.39 is 0 Å². The Kier molecular flexibility index (Phi) is 6.30. The third kappa shape index (κ3) is 4.45. The van der Waals surface area contributed by atoms with E-state index >= 15 is 0 Å². The number of nitrogens with one attached hydrogen (secondary N) is 1. The molecule has 2 atom stereocenters. The number of methoxy groups -OCH3 is 1. The van der Waals surface area contributed by atoms with Crippen LogP contribution in [0.3, 0.4) is 0 Å². The van der Waals surface area contributed by atoms with E-state index in [4.69, 9.17) is 4.74 Å². The monoisotopic (exact) mass is 282 g/mol. The fourth-order valence-corrected chi connectivity index (χ4v) is 3.66. The average molecular weight is 282 g/mol. The second kappa shape index (κ2) is 7.99. The fraction of sp³-hybridized carbons (Fsp3) is 0.938. The number of hydrogen-bond donors (Lipinski definition) is 1. The maximum atomic E-state index is 11.8. The standard InChI is InChI=1S/C16H30N2O2/c1-3-18-11-14(16(19)20-2)9-15(12-18)17-10-13-7-5-4-6-8-13/h13-15,17H,3-12H2,1-2H3. The number of piperidine rings is 1. The van der Waals surface area contributed by atoms with E-state index in [1.807, 2.05) is 0 Å². The van der Waals surface area contributed by atoms with Crippen LogP contribution in [0.2, 0.25) is 0 Å². The van der Waals surface area contributed by atoms with Crippen LogP contribution in [0.5, 0.6) is 0 Å². The predicted molar refractivity (Wildman–Crippen MR) is 80.6 cm³/mol.